The molecule has 4 heteroatoms. The molecule has 0 aliphatic rings. The molecular formula is C13H26N4. The molecule has 0 spiro atoms. The first-order valence-electron chi connectivity index (χ1n) is 6.29. The van der Waals surface area contributed by atoms with Crippen LogP contribution in [-0.4, -0.2) is 34.3 Å². The third kappa shape index (κ3) is 4.13. The zero-order chi connectivity index (χ0) is 13.1. The lowest BCUT2D eigenvalue weighted by Crippen LogP contribution is -2.38. The van der Waals surface area contributed by atoms with Crippen molar-refractivity contribution in [3.8, 4) is 0 Å². The minimum atomic E-state index is 0.173. The van der Waals surface area contributed by atoms with Gasteiger partial charge in [0.05, 0.1) is 5.69 Å². The molecule has 0 amide bonds. The molecule has 2 N–H and O–H groups in total. The Balaban J connectivity index is 2.67. The third-order valence-electron chi connectivity index (χ3n) is 3.16. The molecular weight excluding hydrogens is 212 g/mol. The van der Waals surface area contributed by atoms with Crippen molar-refractivity contribution >= 4 is 0 Å². The summed E-state index contributed by atoms with van der Waals surface area (Å²) in [5.74, 6) is 0. The largest absolute Gasteiger partial charge is 0.330 e. The van der Waals surface area contributed by atoms with E-state index < -0.39 is 0 Å². The summed E-state index contributed by atoms with van der Waals surface area (Å²) in [6.07, 6.45) is 2.10. The van der Waals surface area contributed by atoms with Crippen molar-refractivity contribution in [1.82, 2.24) is 14.7 Å². The fourth-order valence-corrected chi connectivity index (χ4v) is 1.99. The Morgan fingerprint density at radius 3 is 2.53 bits per heavy atom. The normalized spacial score (nSPS) is 12.4. The van der Waals surface area contributed by atoms with Crippen LogP contribution >= 0.6 is 0 Å². The van der Waals surface area contributed by atoms with Crippen LogP contribution in [-0.2, 0) is 13.6 Å². The van der Waals surface area contributed by atoms with Crippen LogP contribution in [0.2, 0.25) is 0 Å². The summed E-state index contributed by atoms with van der Waals surface area (Å²) in [6, 6.07) is 0. The van der Waals surface area contributed by atoms with Crippen molar-refractivity contribution in [1.29, 1.82) is 0 Å². The summed E-state index contributed by atoms with van der Waals surface area (Å²) >= 11 is 0. The lowest BCUT2D eigenvalue weighted by Gasteiger charge is -2.30. The third-order valence-corrected chi connectivity index (χ3v) is 3.16. The van der Waals surface area contributed by atoms with E-state index in [9.17, 15) is 0 Å². The molecule has 1 heterocycles. The van der Waals surface area contributed by atoms with Crippen LogP contribution in [0.1, 0.15) is 32.0 Å². The van der Waals surface area contributed by atoms with Gasteiger partial charge in [0.25, 0.3) is 0 Å². The molecule has 0 radical (unpaired) electrons. The second-order valence-corrected chi connectivity index (χ2v) is 5.59. The van der Waals surface area contributed by atoms with Crippen molar-refractivity contribution in [2.75, 3.05) is 19.6 Å². The Hall–Kier alpha value is -0.870. The second-order valence-electron chi connectivity index (χ2n) is 5.59. The van der Waals surface area contributed by atoms with Crippen molar-refractivity contribution in [2.24, 2.45) is 18.2 Å². The molecule has 0 fully saturated rings. The first kappa shape index (κ1) is 14.2. The molecule has 0 aromatic carbocycles. The second kappa shape index (κ2) is 5.65. The predicted octanol–water partition coefficient (Wildman–Crippen LogP) is 1.54. The Labute approximate surface area is 105 Å². The van der Waals surface area contributed by atoms with Gasteiger partial charge in [-0.1, -0.05) is 20.8 Å². The average Bonchev–Trinajstić information content (AvgIpc) is 2.56. The number of rotatable bonds is 6. The van der Waals surface area contributed by atoms with Crippen LogP contribution in [0.4, 0.5) is 0 Å². The van der Waals surface area contributed by atoms with Crippen molar-refractivity contribution in [2.45, 2.75) is 34.2 Å². The molecule has 0 atom stereocenters. The lowest BCUT2D eigenvalue weighted by molar-refractivity contribution is 0.183. The molecule has 0 unspecified atom stereocenters. The highest BCUT2D eigenvalue weighted by atomic mass is 15.3. The van der Waals surface area contributed by atoms with Crippen LogP contribution in [0.15, 0.2) is 6.20 Å². The fraction of sp³-hybridized carbons (Fsp3) is 0.769. The summed E-state index contributed by atoms with van der Waals surface area (Å²) in [6.45, 7) is 12.4. The zero-order valence-corrected chi connectivity index (χ0v) is 11.8. The van der Waals surface area contributed by atoms with Gasteiger partial charge in [-0.25, -0.2) is 0 Å². The van der Waals surface area contributed by atoms with E-state index in [1.165, 1.54) is 5.56 Å². The Morgan fingerprint density at radius 2 is 2.12 bits per heavy atom. The van der Waals surface area contributed by atoms with Gasteiger partial charge in [0.15, 0.2) is 0 Å². The van der Waals surface area contributed by atoms with Crippen LogP contribution in [0.3, 0.4) is 0 Å². The summed E-state index contributed by atoms with van der Waals surface area (Å²) in [4.78, 5) is 2.43. The topological polar surface area (TPSA) is 47.1 Å². The van der Waals surface area contributed by atoms with E-state index in [-0.39, 0.29) is 5.41 Å². The van der Waals surface area contributed by atoms with Crippen molar-refractivity contribution < 1.29 is 0 Å². The van der Waals surface area contributed by atoms with E-state index in [2.05, 4.69) is 43.9 Å². The standard InChI is InChI=1S/C13H26N4/c1-6-17(10-13(3,4)9-14)8-12-7-16(5)15-11(12)2/h7H,6,8-10,14H2,1-5H3. The first-order chi connectivity index (χ1) is 7.88. The average molecular weight is 238 g/mol. The lowest BCUT2D eigenvalue weighted by atomic mass is 9.93. The molecule has 0 saturated heterocycles. The molecule has 17 heavy (non-hydrogen) atoms. The molecule has 1 aromatic rings. The molecule has 0 aliphatic heterocycles. The van der Waals surface area contributed by atoms with Crippen molar-refractivity contribution in [3.63, 3.8) is 0 Å². The van der Waals surface area contributed by atoms with Crippen LogP contribution in [0, 0.1) is 12.3 Å². The minimum absolute atomic E-state index is 0.173. The molecule has 1 rings (SSSR count). The number of aryl methyl sites for hydroxylation is 2. The number of hydrogen-bond acceptors (Lipinski definition) is 3. The molecule has 0 bridgehead atoms. The van der Waals surface area contributed by atoms with Gasteiger partial charge in [0, 0.05) is 31.9 Å². The Bertz CT molecular complexity index is 354. The Morgan fingerprint density at radius 1 is 1.47 bits per heavy atom. The van der Waals surface area contributed by atoms with E-state index in [0.29, 0.717) is 0 Å². The summed E-state index contributed by atoms with van der Waals surface area (Å²) in [5.41, 5.74) is 8.40. The van der Waals surface area contributed by atoms with E-state index in [1.807, 2.05) is 11.7 Å². The fourth-order valence-electron chi connectivity index (χ4n) is 1.99. The molecule has 4 nitrogen and oxygen atoms in total. The number of hydrogen-bond donors (Lipinski definition) is 1. The van der Waals surface area contributed by atoms with E-state index in [0.717, 1.165) is 31.9 Å². The van der Waals surface area contributed by atoms with Gasteiger partial charge in [0.2, 0.25) is 0 Å². The van der Waals surface area contributed by atoms with Crippen LogP contribution in [0.5, 0.6) is 0 Å². The quantitative estimate of drug-likeness (QED) is 0.817. The smallest absolute Gasteiger partial charge is 0.0638 e. The maximum absolute atomic E-state index is 5.79. The van der Waals surface area contributed by atoms with Crippen LogP contribution < -0.4 is 5.73 Å². The highest BCUT2D eigenvalue weighted by Gasteiger charge is 2.20. The van der Waals surface area contributed by atoms with Crippen LogP contribution in [0.25, 0.3) is 0 Å². The Kier molecular flexibility index (Phi) is 4.71. The zero-order valence-electron chi connectivity index (χ0n) is 11.8. The van der Waals surface area contributed by atoms with E-state index in [4.69, 9.17) is 5.73 Å². The number of aromatic nitrogens is 2. The van der Waals surface area contributed by atoms with Gasteiger partial charge in [0.1, 0.15) is 0 Å². The van der Waals surface area contributed by atoms with Gasteiger partial charge in [-0.2, -0.15) is 5.10 Å². The molecule has 0 saturated carbocycles. The summed E-state index contributed by atoms with van der Waals surface area (Å²) in [7, 11) is 1.97. The SMILES string of the molecule is CCN(Cc1cn(C)nc1C)CC(C)(C)CN. The predicted molar refractivity (Wildman–Crippen MR) is 71.7 cm³/mol. The van der Waals surface area contributed by atoms with Crippen molar-refractivity contribution in [3.05, 3.63) is 17.5 Å². The van der Waals surface area contributed by atoms with Gasteiger partial charge in [-0.05, 0) is 25.4 Å². The number of nitrogens with two attached hydrogens (primary N) is 1. The van der Waals surface area contributed by atoms with Gasteiger partial charge in [-0.3, -0.25) is 9.58 Å². The van der Waals surface area contributed by atoms with Gasteiger partial charge in [-0.15, -0.1) is 0 Å². The first-order valence-corrected chi connectivity index (χ1v) is 6.29. The van der Waals surface area contributed by atoms with Gasteiger partial charge >= 0.3 is 0 Å². The molecule has 0 aliphatic carbocycles. The highest BCUT2D eigenvalue weighted by molar-refractivity contribution is 5.15. The summed E-state index contributed by atoms with van der Waals surface area (Å²) in [5, 5.41) is 4.38. The van der Waals surface area contributed by atoms with Gasteiger partial charge < -0.3 is 5.73 Å². The highest BCUT2D eigenvalue weighted by Crippen LogP contribution is 2.17. The maximum Gasteiger partial charge on any atom is 0.0638 e. The van der Waals surface area contributed by atoms with E-state index >= 15 is 0 Å². The molecule has 1 aromatic heterocycles. The van der Waals surface area contributed by atoms with E-state index in [1.54, 1.807) is 0 Å². The number of nitrogens with zero attached hydrogens (tertiary/aromatic N) is 3. The molecule has 98 valence electrons. The maximum atomic E-state index is 5.79. The summed E-state index contributed by atoms with van der Waals surface area (Å²) < 4.78 is 1.88. The minimum Gasteiger partial charge on any atom is -0.330 e. The monoisotopic (exact) mass is 238 g/mol.